The lowest BCUT2D eigenvalue weighted by atomic mass is 10.1. The van der Waals surface area contributed by atoms with E-state index in [4.69, 9.17) is 9.84 Å². The van der Waals surface area contributed by atoms with E-state index in [1.165, 1.54) is 26.0 Å². The SMILES string of the molecule is CC(=O)NC(=CC(=O)O)c1ccc(OC(C)=O)cc1. The summed E-state index contributed by atoms with van der Waals surface area (Å²) in [6.45, 7) is 2.56. The van der Waals surface area contributed by atoms with Crippen molar-refractivity contribution in [2.75, 3.05) is 0 Å². The summed E-state index contributed by atoms with van der Waals surface area (Å²) in [6.07, 6.45) is 0.891. The summed E-state index contributed by atoms with van der Waals surface area (Å²) in [4.78, 5) is 32.4. The smallest absolute Gasteiger partial charge is 0.330 e. The van der Waals surface area contributed by atoms with Crippen LogP contribution in [0.15, 0.2) is 30.3 Å². The molecular formula is C13H13NO5. The summed E-state index contributed by atoms with van der Waals surface area (Å²) in [7, 11) is 0. The maximum Gasteiger partial charge on any atom is 0.330 e. The number of hydrogen-bond acceptors (Lipinski definition) is 4. The van der Waals surface area contributed by atoms with Gasteiger partial charge in [0, 0.05) is 19.9 Å². The number of carbonyl (C=O) groups is 3. The fourth-order valence-electron chi connectivity index (χ4n) is 1.37. The van der Waals surface area contributed by atoms with Crippen LogP contribution in [0.25, 0.3) is 5.70 Å². The van der Waals surface area contributed by atoms with E-state index in [-0.39, 0.29) is 11.6 Å². The van der Waals surface area contributed by atoms with Crippen LogP contribution in [0.1, 0.15) is 19.4 Å². The minimum absolute atomic E-state index is 0.161. The fourth-order valence-corrected chi connectivity index (χ4v) is 1.37. The van der Waals surface area contributed by atoms with Crippen molar-refractivity contribution in [3.05, 3.63) is 35.9 Å². The minimum Gasteiger partial charge on any atom is -0.478 e. The highest BCUT2D eigenvalue weighted by Crippen LogP contribution is 2.17. The lowest BCUT2D eigenvalue weighted by Crippen LogP contribution is -2.19. The number of carboxylic acids is 1. The van der Waals surface area contributed by atoms with Gasteiger partial charge in [-0.15, -0.1) is 0 Å². The second kappa shape index (κ2) is 6.34. The monoisotopic (exact) mass is 263 g/mol. The molecule has 6 heteroatoms. The molecule has 0 saturated heterocycles. The Kier molecular flexibility index (Phi) is 4.82. The normalized spacial score (nSPS) is 10.7. The van der Waals surface area contributed by atoms with Crippen molar-refractivity contribution in [1.82, 2.24) is 5.32 Å². The molecule has 0 aliphatic carbocycles. The van der Waals surface area contributed by atoms with Crippen LogP contribution in [-0.4, -0.2) is 23.0 Å². The quantitative estimate of drug-likeness (QED) is 0.483. The van der Waals surface area contributed by atoms with Crippen LogP contribution in [0.2, 0.25) is 0 Å². The van der Waals surface area contributed by atoms with E-state index in [1.54, 1.807) is 12.1 Å². The summed E-state index contributed by atoms with van der Waals surface area (Å²) < 4.78 is 4.85. The summed E-state index contributed by atoms with van der Waals surface area (Å²) in [5.41, 5.74) is 0.655. The van der Waals surface area contributed by atoms with E-state index in [9.17, 15) is 14.4 Å². The zero-order chi connectivity index (χ0) is 14.4. The number of hydrogen-bond donors (Lipinski definition) is 2. The standard InChI is InChI=1S/C13H13NO5/c1-8(15)14-12(7-13(17)18)10-3-5-11(6-4-10)19-9(2)16/h3-7H,1-2H3,(H,14,15)(H,17,18). The zero-order valence-corrected chi connectivity index (χ0v) is 10.5. The molecule has 1 aromatic carbocycles. The average Bonchev–Trinajstić information content (AvgIpc) is 2.27. The molecule has 6 nitrogen and oxygen atoms in total. The fraction of sp³-hybridized carbons (Fsp3) is 0.154. The second-order valence-electron chi connectivity index (χ2n) is 3.70. The molecule has 0 radical (unpaired) electrons. The summed E-state index contributed by atoms with van der Waals surface area (Å²) >= 11 is 0. The predicted molar refractivity (Wildman–Crippen MR) is 67.2 cm³/mol. The third-order valence-electron chi connectivity index (χ3n) is 2.01. The van der Waals surface area contributed by atoms with E-state index in [0.717, 1.165) is 6.08 Å². The highest BCUT2D eigenvalue weighted by atomic mass is 16.5. The molecule has 0 saturated carbocycles. The van der Waals surface area contributed by atoms with Gasteiger partial charge in [0.25, 0.3) is 0 Å². The predicted octanol–water partition coefficient (Wildman–Crippen LogP) is 1.17. The van der Waals surface area contributed by atoms with Gasteiger partial charge >= 0.3 is 11.9 Å². The molecule has 0 fully saturated rings. The Balaban J connectivity index is 3.00. The van der Waals surface area contributed by atoms with Crippen molar-refractivity contribution >= 4 is 23.5 Å². The van der Waals surface area contributed by atoms with Gasteiger partial charge in [-0.25, -0.2) is 4.79 Å². The topological polar surface area (TPSA) is 92.7 Å². The Morgan fingerprint density at radius 1 is 1.16 bits per heavy atom. The maximum atomic E-state index is 11.0. The molecular weight excluding hydrogens is 250 g/mol. The average molecular weight is 263 g/mol. The van der Waals surface area contributed by atoms with Crippen LogP contribution in [0.4, 0.5) is 0 Å². The zero-order valence-electron chi connectivity index (χ0n) is 10.5. The van der Waals surface area contributed by atoms with Crippen LogP contribution in [-0.2, 0) is 14.4 Å². The highest BCUT2D eigenvalue weighted by molar-refractivity contribution is 5.94. The van der Waals surface area contributed by atoms with E-state index in [0.29, 0.717) is 11.3 Å². The molecule has 2 N–H and O–H groups in total. The van der Waals surface area contributed by atoms with Gasteiger partial charge in [0.1, 0.15) is 5.75 Å². The number of nitrogens with one attached hydrogen (secondary N) is 1. The van der Waals surface area contributed by atoms with E-state index < -0.39 is 11.9 Å². The molecule has 0 heterocycles. The van der Waals surface area contributed by atoms with Crippen molar-refractivity contribution in [3.63, 3.8) is 0 Å². The third kappa shape index (κ3) is 5.03. The second-order valence-corrected chi connectivity index (χ2v) is 3.70. The first kappa shape index (κ1) is 14.4. The number of carbonyl (C=O) groups excluding carboxylic acids is 2. The number of rotatable bonds is 4. The summed E-state index contributed by atoms with van der Waals surface area (Å²) in [5, 5.41) is 11.2. The first-order valence-corrected chi connectivity index (χ1v) is 5.39. The molecule has 1 aromatic rings. The van der Waals surface area contributed by atoms with Crippen molar-refractivity contribution < 1.29 is 24.2 Å². The van der Waals surface area contributed by atoms with Gasteiger partial charge in [0.05, 0.1) is 5.70 Å². The first-order chi connectivity index (χ1) is 8.88. The molecule has 100 valence electrons. The Morgan fingerprint density at radius 2 is 1.74 bits per heavy atom. The molecule has 0 unspecified atom stereocenters. The van der Waals surface area contributed by atoms with E-state index in [1.807, 2.05) is 0 Å². The minimum atomic E-state index is -1.17. The Labute approximate surface area is 109 Å². The van der Waals surface area contributed by atoms with Crippen molar-refractivity contribution in [1.29, 1.82) is 0 Å². The van der Waals surface area contributed by atoms with Gasteiger partial charge in [-0.3, -0.25) is 9.59 Å². The van der Waals surface area contributed by atoms with Gasteiger partial charge in [-0.05, 0) is 29.8 Å². The Bertz CT molecular complexity index is 530. The van der Waals surface area contributed by atoms with Crippen LogP contribution in [0, 0.1) is 0 Å². The van der Waals surface area contributed by atoms with Gasteiger partial charge < -0.3 is 15.2 Å². The van der Waals surface area contributed by atoms with Crippen LogP contribution < -0.4 is 10.1 Å². The molecule has 0 aliphatic heterocycles. The highest BCUT2D eigenvalue weighted by Gasteiger charge is 2.07. The third-order valence-corrected chi connectivity index (χ3v) is 2.01. The lowest BCUT2D eigenvalue weighted by Gasteiger charge is -2.08. The number of ether oxygens (including phenoxy) is 1. The van der Waals surface area contributed by atoms with Gasteiger partial charge in [0.15, 0.2) is 0 Å². The number of aliphatic carboxylic acids is 1. The first-order valence-electron chi connectivity index (χ1n) is 5.39. The maximum absolute atomic E-state index is 11.0. The van der Waals surface area contributed by atoms with E-state index in [2.05, 4.69) is 5.32 Å². The van der Waals surface area contributed by atoms with Crippen LogP contribution in [0.5, 0.6) is 5.75 Å². The van der Waals surface area contributed by atoms with Crippen molar-refractivity contribution in [2.24, 2.45) is 0 Å². The Morgan fingerprint density at radius 3 is 2.16 bits per heavy atom. The number of benzene rings is 1. The molecule has 1 amide bonds. The molecule has 0 spiro atoms. The van der Waals surface area contributed by atoms with Crippen LogP contribution in [0.3, 0.4) is 0 Å². The van der Waals surface area contributed by atoms with Crippen molar-refractivity contribution in [3.8, 4) is 5.75 Å². The number of amides is 1. The van der Waals surface area contributed by atoms with Crippen molar-refractivity contribution in [2.45, 2.75) is 13.8 Å². The van der Waals surface area contributed by atoms with Gasteiger partial charge in [-0.1, -0.05) is 0 Å². The van der Waals surface area contributed by atoms with Gasteiger partial charge in [-0.2, -0.15) is 0 Å². The molecule has 0 aromatic heterocycles. The molecule has 1 rings (SSSR count). The Hall–Kier alpha value is -2.63. The van der Waals surface area contributed by atoms with Gasteiger partial charge in [0.2, 0.25) is 5.91 Å². The molecule has 0 atom stereocenters. The van der Waals surface area contributed by atoms with E-state index >= 15 is 0 Å². The molecule has 19 heavy (non-hydrogen) atoms. The molecule has 0 aliphatic rings. The lowest BCUT2D eigenvalue weighted by molar-refractivity contribution is -0.132. The summed E-state index contributed by atoms with van der Waals surface area (Å²) in [5.74, 6) is -1.66. The molecule has 0 bridgehead atoms. The summed E-state index contributed by atoms with van der Waals surface area (Å²) in [6, 6.07) is 6.11. The number of esters is 1. The van der Waals surface area contributed by atoms with Crippen LogP contribution >= 0.6 is 0 Å². The largest absolute Gasteiger partial charge is 0.478 e. The number of carboxylic acid groups (broad SMARTS) is 1.